The lowest BCUT2D eigenvalue weighted by Gasteiger charge is -2.14. The van der Waals surface area contributed by atoms with Crippen LogP contribution < -0.4 is 20.1 Å². The molecule has 0 fully saturated rings. The van der Waals surface area contributed by atoms with Crippen LogP contribution in [0.15, 0.2) is 28.6 Å². The Morgan fingerprint density at radius 3 is 2.45 bits per heavy atom. The molecule has 0 amide bonds. The second-order valence-electron chi connectivity index (χ2n) is 6.31. The number of nitrogens with zero attached hydrogens (tertiary/aromatic N) is 2. The number of aliphatic imine (C=N–C) groups is 1. The molecule has 6 nitrogen and oxygen atoms in total. The van der Waals surface area contributed by atoms with Gasteiger partial charge in [-0.3, -0.25) is 4.99 Å². The summed E-state index contributed by atoms with van der Waals surface area (Å²) in [6.07, 6.45) is 2.91. The Hall–Kier alpha value is -1.55. The summed E-state index contributed by atoms with van der Waals surface area (Å²) in [6, 6.07) is 6.13. The molecular weight excluding hydrogens is 499 g/mol. The van der Waals surface area contributed by atoms with Crippen LogP contribution in [0.5, 0.6) is 11.5 Å². The zero-order valence-corrected chi connectivity index (χ0v) is 20.9. The van der Waals surface area contributed by atoms with Crippen LogP contribution in [-0.2, 0) is 12.8 Å². The van der Waals surface area contributed by atoms with Crippen LogP contribution in [-0.4, -0.2) is 44.3 Å². The molecule has 1 heterocycles. The van der Waals surface area contributed by atoms with Crippen LogP contribution in [0, 0.1) is 6.92 Å². The minimum absolute atomic E-state index is 0. The molecule has 0 spiro atoms. The highest BCUT2D eigenvalue weighted by Gasteiger charge is 2.06. The van der Waals surface area contributed by atoms with E-state index in [1.54, 1.807) is 18.4 Å². The third-order valence-corrected chi connectivity index (χ3v) is 5.09. The maximum atomic E-state index is 5.70. The topological polar surface area (TPSA) is 67.8 Å². The SMILES string of the molecule is CCOc1ccc(CCNC(=NC)NCCCc2nc(C)cs2)cc1OCC.I. The number of halogens is 1. The largest absolute Gasteiger partial charge is 0.490 e. The molecule has 2 aromatic rings. The number of ether oxygens (including phenoxy) is 2. The second kappa shape index (κ2) is 14.4. The minimum atomic E-state index is 0. The standard InChI is InChI=1S/C21H32N4O2S.HI/c1-5-26-18-10-9-17(14-19(18)27-6-2)11-13-24-21(22-4)23-12-7-8-20-25-16(3)15-28-20;/h9-10,14-15H,5-8,11-13H2,1-4H3,(H2,22,23,24);1H. The van der Waals surface area contributed by atoms with Crippen molar-refractivity contribution in [2.75, 3.05) is 33.4 Å². The van der Waals surface area contributed by atoms with Gasteiger partial charge in [0.25, 0.3) is 0 Å². The van der Waals surface area contributed by atoms with Gasteiger partial charge in [-0.2, -0.15) is 0 Å². The van der Waals surface area contributed by atoms with E-state index in [-0.39, 0.29) is 24.0 Å². The van der Waals surface area contributed by atoms with E-state index in [9.17, 15) is 0 Å². The summed E-state index contributed by atoms with van der Waals surface area (Å²) in [7, 11) is 1.80. The Kier molecular flexibility index (Phi) is 12.7. The number of aryl methyl sites for hydroxylation is 2. The Labute approximate surface area is 195 Å². The summed E-state index contributed by atoms with van der Waals surface area (Å²) in [4.78, 5) is 8.78. The van der Waals surface area contributed by atoms with Gasteiger partial charge in [0, 0.05) is 37.6 Å². The van der Waals surface area contributed by atoms with Crippen molar-refractivity contribution < 1.29 is 9.47 Å². The zero-order chi connectivity index (χ0) is 20.2. The molecule has 0 atom stereocenters. The number of guanidine groups is 1. The molecule has 0 bridgehead atoms. The van der Waals surface area contributed by atoms with Crippen LogP contribution in [0.2, 0.25) is 0 Å². The second-order valence-corrected chi connectivity index (χ2v) is 7.25. The monoisotopic (exact) mass is 532 g/mol. The normalized spacial score (nSPS) is 11.0. The molecular formula is C21H33IN4O2S. The van der Waals surface area contributed by atoms with Gasteiger partial charge in [-0.25, -0.2) is 4.98 Å². The van der Waals surface area contributed by atoms with E-state index in [0.29, 0.717) is 13.2 Å². The third-order valence-electron chi connectivity index (χ3n) is 4.06. The Balaban J connectivity index is 0.00000420. The Morgan fingerprint density at radius 1 is 1.07 bits per heavy atom. The quantitative estimate of drug-likeness (QED) is 0.197. The molecule has 2 rings (SSSR count). The first kappa shape index (κ1) is 25.5. The van der Waals surface area contributed by atoms with Crippen molar-refractivity contribution in [1.82, 2.24) is 15.6 Å². The van der Waals surface area contributed by atoms with Crippen molar-refractivity contribution in [3.8, 4) is 11.5 Å². The highest BCUT2D eigenvalue weighted by molar-refractivity contribution is 14.0. The first-order valence-electron chi connectivity index (χ1n) is 9.90. The molecule has 1 aromatic heterocycles. The maximum absolute atomic E-state index is 5.70. The molecule has 162 valence electrons. The van der Waals surface area contributed by atoms with E-state index in [4.69, 9.17) is 9.47 Å². The summed E-state index contributed by atoms with van der Waals surface area (Å²) >= 11 is 1.73. The van der Waals surface area contributed by atoms with E-state index in [2.05, 4.69) is 38.1 Å². The van der Waals surface area contributed by atoms with Crippen molar-refractivity contribution in [3.05, 3.63) is 39.8 Å². The van der Waals surface area contributed by atoms with Crippen molar-refractivity contribution >= 4 is 41.3 Å². The van der Waals surface area contributed by atoms with Gasteiger partial charge in [0.1, 0.15) is 0 Å². The molecule has 0 saturated carbocycles. The predicted molar refractivity (Wildman–Crippen MR) is 132 cm³/mol. The van der Waals surface area contributed by atoms with Gasteiger partial charge in [-0.1, -0.05) is 6.07 Å². The van der Waals surface area contributed by atoms with E-state index in [1.807, 2.05) is 26.8 Å². The van der Waals surface area contributed by atoms with Gasteiger partial charge in [-0.05, 0) is 51.3 Å². The van der Waals surface area contributed by atoms with Crippen molar-refractivity contribution in [2.24, 2.45) is 4.99 Å². The molecule has 0 radical (unpaired) electrons. The van der Waals surface area contributed by atoms with Crippen LogP contribution in [0.1, 0.15) is 36.5 Å². The van der Waals surface area contributed by atoms with Crippen molar-refractivity contribution in [2.45, 2.75) is 40.0 Å². The molecule has 1 aromatic carbocycles. The number of aromatic nitrogens is 1. The first-order chi connectivity index (χ1) is 13.7. The lowest BCUT2D eigenvalue weighted by atomic mass is 10.1. The van der Waals surface area contributed by atoms with E-state index >= 15 is 0 Å². The molecule has 29 heavy (non-hydrogen) atoms. The summed E-state index contributed by atoms with van der Waals surface area (Å²) < 4.78 is 11.3. The van der Waals surface area contributed by atoms with E-state index < -0.39 is 0 Å². The summed E-state index contributed by atoms with van der Waals surface area (Å²) in [5.74, 6) is 2.43. The number of benzene rings is 1. The smallest absolute Gasteiger partial charge is 0.190 e. The van der Waals surface area contributed by atoms with E-state index in [0.717, 1.165) is 55.5 Å². The van der Waals surface area contributed by atoms with Gasteiger partial charge in [-0.15, -0.1) is 35.3 Å². The van der Waals surface area contributed by atoms with Crippen LogP contribution in [0.4, 0.5) is 0 Å². The van der Waals surface area contributed by atoms with Gasteiger partial charge in [0.15, 0.2) is 17.5 Å². The van der Waals surface area contributed by atoms with Crippen LogP contribution in [0.3, 0.4) is 0 Å². The van der Waals surface area contributed by atoms with Gasteiger partial charge < -0.3 is 20.1 Å². The molecule has 0 unspecified atom stereocenters. The average molecular weight is 532 g/mol. The predicted octanol–water partition coefficient (Wildman–Crippen LogP) is 4.21. The molecule has 0 aliphatic heterocycles. The van der Waals surface area contributed by atoms with Crippen LogP contribution >= 0.6 is 35.3 Å². The fourth-order valence-electron chi connectivity index (χ4n) is 2.76. The number of hydrogen-bond donors (Lipinski definition) is 2. The average Bonchev–Trinajstić information content (AvgIpc) is 3.11. The number of nitrogens with one attached hydrogen (secondary N) is 2. The van der Waals surface area contributed by atoms with Crippen LogP contribution in [0.25, 0.3) is 0 Å². The van der Waals surface area contributed by atoms with Gasteiger partial charge >= 0.3 is 0 Å². The number of hydrogen-bond acceptors (Lipinski definition) is 5. The highest BCUT2D eigenvalue weighted by Crippen LogP contribution is 2.28. The maximum Gasteiger partial charge on any atom is 0.190 e. The highest BCUT2D eigenvalue weighted by atomic mass is 127. The fourth-order valence-corrected chi connectivity index (χ4v) is 3.58. The molecule has 0 aliphatic rings. The van der Waals surface area contributed by atoms with Crippen molar-refractivity contribution in [1.29, 1.82) is 0 Å². The number of rotatable bonds is 11. The van der Waals surface area contributed by atoms with Gasteiger partial charge in [0.2, 0.25) is 0 Å². The lowest BCUT2D eigenvalue weighted by molar-refractivity contribution is 0.287. The van der Waals surface area contributed by atoms with E-state index in [1.165, 1.54) is 10.6 Å². The first-order valence-corrected chi connectivity index (χ1v) is 10.8. The lowest BCUT2D eigenvalue weighted by Crippen LogP contribution is -2.38. The molecule has 2 N–H and O–H groups in total. The zero-order valence-electron chi connectivity index (χ0n) is 17.8. The Morgan fingerprint density at radius 2 is 1.79 bits per heavy atom. The third kappa shape index (κ3) is 9.20. The fraction of sp³-hybridized carbons (Fsp3) is 0.524. The summed E-state index contributed by atoms with van der Waals surface area (Å²) in [5.41, 5.74) is 2.31. The summed E-state index contributed by atoms with van der Waals surface area (Å²) in [5, 5.41) is 10.0. The Bertz CT molecular complexity index is 752. The molecule has 8 heteroatoms. The minimum Gasteiger partial charge on any atom is -0.490 e. The van der Waals surface area contributed by atoms with Crippen molar-refractivity contribution in [3.63, 3.8) is 0 Å². The van der Waals surface area contributed by atoms with Gasteiger partial charge in [0.05, 0.1) is 18.2 Å². The molecule has 0 saturated heterocycles. The summed E-state index contributed by atoms with van der Waals surface area (Å²) in [6.45, 7) is 8.91. The molecule has 0 aliphatic carbocycles. The number of thiazole rings is 1.